The lowest BCUT2D eigenvalue weighted by Gasteiger charge is -2.27. The van der Waals surface area contributed by atoms with Crippen LogP contribution in [0, 0.1) is 5.92 Å². The second kappa shape index (κ2) is 9.32. The van der Waals surface area contributed by atoms with Gasteiger partial charge in [0.2, 0.25) is 5.91 Å². The Morgan fingerprint density at radius 2 is 1.88 bits per heavy atom. The van der Waals surface area contributed by atoms with Crippen LogP contribution in [0.15, 0.2) is 30.3 Å². The number of rotatable bonds is 9. The monoisotopic (exact) mass is 348 g/mol. The minimum Gasteiger partial charge on any atom is -0.391 e. The number of nitrogens with one attached hydrogen (secondary N) is 1. The second-order valence-electron chi connectivity index (χ2n) is 7.38. The van der Waals surface area contributed by atoms with Crippen molar-refractivity contribution in [3.63, 3.8) is 0 Å². The molecule has 1 aromatic carbocycles. The number of benzene rings is 1. The van der Waals surface area contributed by atoms with Crippen LogP contribution in [0.5, 0.6) is 0 Å². The molecule has 3 atom stereocenters. The summed E-state index contributed by atoms with van der Waals surface area (Å²) < 4.78 is 5.60. The molecule has 1 heterocycles. The highest BCUT2D eigenvalue weighted by Gasteiger charge is 2.43. The van der Waals surface area contributed by atoms with Crippen LogP contribution in [0.4, 0.5) is 0 Å². The highest BCUT2D eigenvalue weighted by Crippen LogP contribution is 2.21. The molecule has 0 aromatic heterocycles. The van der Waals surface area contributed by atoms with Crippen LogP contribution in [0.1, 0.15) is 39.7 Å². The van der Waals surface area contributed by atoms with Crippen molar-refractivity contribution in [3.8, 4) is 0 Å². The van der Waals surface area contributed by atoms with Gasteiger partial charge in [0.05, 0.1) is 25.0 Å². The van der Waals surface area contributed by atoms with Gasteiger partial charge in [-0.25, -0.2) is 0 Å². The van der Waals surface area contributed by atoms with E-state index in [-0.39, 0.29) is 24.1 Å². The fourth-order valence-electron chi connectivity index (χ4n) is 3.25. The van der Waals surface area contributed by atoms with Gasteiger partial charge < -0.3 is 14.7 Å². The van der Waals surface area contributed by atoms with Crippen LogP contribution in [-0.4, -0.2) is 53.5 Å². The summed E-state index contributed by atoms with van der Waals surface area (Å²) in [6.07, 6.45) is 0.727. The van der Waals surface area contributed by atoms with Gasteiger partial charge in [0.25, 0.3) is 0 Å². The van der Waals surface area contributed by atoms with Crippen molar-refractivity contribution >= 4 is 5.91 Å². The van der Waals surface area contributed by atoms with Crippen LogP contribution in [0.3, 0.4) is 0 Å². The lowest BCUT2D eigenvalue weighted by atomic mass is 10.0. The Hall–Kier alpha value is -1.43. The van der Waals surface area contributed by atoms with Crippen molar-refractivity contribution in [2.45, 2.75) is 65.0 Å². The number of aliphatic hydroxyl groups excluding tert-OH is 1. The van der Waals surface area contributed by atoms with Gasteiger partial charge in [-0.15, -0.1) is 0 Å². The molecule has 1 saturated heterocycles. The molecule has 2 rings (SSSR count). The van der Waals surface area contributed by atoms with Crippen molar-refractivity contribution < 1.29 is 14.6 Å². The van der Waals surface area contributed by atoms with Gasteiger partial charge in [0.1, 0.15) is 6.04 Å². The molecule has 1 amide bonds. The largest absolute Gasteiger partial charge is 0.391 e. The lowest BCUT2D eigenvalue weighted by molar-refractivity contribution is -0.133. The Bertz CT molecular complexity index is 533. The van der Waals surface area contributed by atoms with Crippen LogP contribution >= 0.6 is 0 Å². The molecule has 1 unspecified atom stereocenters. The molecular weight excluding hydrogens is 316 g/mol. The molecule has 25 heavy (non-hydrogen) atoms. The zero-order valence-electron chi connectivity index (χ0n) is 15.8. The van der Waals surface area contributed by atoms with Gasteiger partial charge in [-0.05, 0) is 38.2 Å². The van der Waals surface area contributed by atoms with Crippen molar-refractivity contribution in [2.24, 2.45) is 5.92 Å². The van der Waals surface area contributed by atoms with E-state index < -0.39 is 12.1 Å². The first-order valence-corrected chi connectivity index (χ1v) is 9.30. The number of aryl methyl sites for hydroxylation is 1. The molecule has 1 aromatic rings. The summed E-state index contributed by atoms with van der Waals surface area (Å²) in [6.45, 7) is 9.20. The summed E-state index contributed by atoms with van der Waals surface area (Å²) in [6, 6.07) is 9.52. The van der Waals surface area contributed by atoms with Crippen LogP contribution < -0.4 is 5.32 Å². The number of amides is 1. The van der Waals surface area contributed by atoms with Crippen molar-refractivity contribution in [1.29, 1.82) is 0 Å². The van der Waals surface area contributed by atoms with Gasteiger partial charge in [-0.2, -0.15) is 0 Å². The van der Waals surface area contributed by atoms with Crippen LogP contribution in [-0.2, 0) is 16.0 Å². The van der Waals surface area contributed by atoms with E-state index in [1.54, 1.807) is 0 Å². The fraction of sp³-hybridized carbons (Fsp3) is 0.650. The van der Waals surface area contributed by atoms with Gasteiger partial charge in [0.15, 0.2) is 0 Å². The smallest absolute Gasteiger partial charge is 0.243 e. The van der Waals surface area contributed by atoms with E-state index in [2.05, 4.69) is 19.2 Å². The highest BCUT2D eigenvalue weighted by atomic mass is 16.5. The van der Waals surface area contributed by atoms with Crippen LogP contribution in [0.2, 0.25) is 0 Å². The maximum Gasteiger partial charge on any atom is 0.243 e. The van der Waals surface area contributed by atoms with E-state index >= 15 is 0 Å². The number of hydrogen-bond donors (Lipinski definition) is 2. The third-order valence-corrected chi connectivity index (χ3v) is 4.61. The molecule has 140 valence electrons. The number of aliphatic hydroxyl groups is 1. The normalized spacial score (nSPS) is 22.2. The molecule has 1 aliphatic rings. The summed E-state index contributed by atoms with van der Waals surface area (Å²) in [5.41, 5.74) is 1.18. The van der Waals surface area contributed by atoms with Crippen molar-refractivity contribution in [1.82, 2.24) is 10.2 Å². The zero-order valence-corrected chi connectivity index (χ0v) is 15.8. The summed E-state index contributed by atoms with van der Waals surface area (Å²) in [7, 11) is 0. The summed E-state index contributed by atoms with van der Waals surface area (Å²) in [4.78, 5) is 14.6. The average molecular weight is 348 g/mol. The molecule has 5 heteroatoms. The molecule has 0 radical (unpaired) electrons. The average Bonchev–Trinajstić information content (AvgIpc) is 2.91. The highest BCUT2D eigenvalue weighted by molar-refractivity contribution is 5.85. The third-order valence-electron chi connectivity index (χ3n) is 4.61. The zero-order chi connectivity index (χ0) is 18.4. The van der Waals surface area contributed by atoms with E-state index in [1.165, 1.54) is 5.56 Å². The lowest BCUT2D eigenvalue weighted by Crippen LogP contribution is -2.44. The molecule has 5 nitrogen and oxygen atoms in total. The fourth-order valence-corrected chi connectivity index (χ4v) is 3.25. The molecule has 0 spiro atoms. The Morgan fingerprint density at radius 3 is 2.48 bits per heavy atom. The second-order valence-corrected chi connectivity index (χ2v) is 7.38. The van der Waals surface area contributed by atoms with E-state index in [4.69, 9.17) is 4.74 Å². The third kappa shape index (κ3) is 5.53. The predicted octanol–water partition coefficient (Wildman–Crippen LogP) is 2.19. The number of carbonyl (C=O) groups excluding carboxylic acids is 1. The topological polar surface area (TPSA) is 61.8 Å². The molecule has 1 fully saturated rings. The summed E-state index contributed by atoms with van der Waals surface area (Å²) in [5.74, 6) is 0.251. The van der Waals surface area contributed by atoms with E-state index in [1.807, 2.05) is 49.1 Å². The Balaban J connectivity index is 1.94. The predicted molar refractivity (Wildman–Crippen MR) is 99.1 cm³/mol. The number of carbonyl (C=O) groups is 1. The minimum absolute atomic E-state index is 0.0217. The number of hydrogen-bond acceptors (Lipinski definition) is 4. The Morgan fingerprint density at radius 1 is 1.20 bits per heavy atom. The van der Waals surface area contributed by atoms with Crippen LogP contribution in [0.25, 0.3) is 0 Å². The summed E-state index contributed by atoms with van der Waals surface area (Å²) in [5, 5.41) is 13.9. The minimum atomic E-state index is -0.690. The van der Waals surface area contributed by atoms with E-state index in [0.29, 0.717) is 19.6 Å². The maximum absolute atomic E-state index is 12.8. The van der Waals surface area contributed by atoms with Crippen molar-refractivity contribution in [3.05, 3.63) is 35.9 Å². The number of nitrogens with zero attached hydrogens (tertiary/aromatic N) is 1. The maximum atomic E-state index is 12.8. The molecule has 0 aliphatic carbocycles. The van der Waals surface area contributed by atoms with Crippen molar-refractivity contribution in [2.75, 3.05) is 13.2 Å². The molecule has 0 bridgehead atoms. The van der Waals surface area contributed by atoms with Gasteiger partial charge in [0, 0.05) is 6.54 Å². The number of ether oxygens (including phenoxy) is 1. The molecular formula is C20H32N2O3. The Labute approximate surface area is 151 Å². The molecule has 0 saturated carbocycles. The van der Waals surface area contributed by atoms with Gasteiger partial charge >= 0.3 is 0 Å². The summed E-state index contributed by atoms with van der Waals surface area (Å²) >= 11 is 0. The van der Waals surface area contributed by atoms with E-state index in [0.717, 1.165) is 6.42 Å². The molecule has 1 aliphatic heterocycles. The standard InChI is InChI=1S/C20H32N2O3/c1-14(2)19-21-18(20(24)22(19)12-13-25-15(3)4)17(23)11-10-16-8-6-5-7-9-16/h5-9,14-15,17-19,21,23H,10-13H2,1-4H3/t17-,18+,19?/m1/s1. The first-order chi connectivity index (χ1) is 11.9. The molecule has 2 N–H and O–H groups in total. The first-order valence-electron chi connectivity index (χ1n) is 9.30. The van der Waals surface area contributed by atoms with E-state index in [9.17, 15) is 9.90 Å². The van der Waals surface area contributed by atoms with Gasteiger partial charge in [-0.3, -0.25) is 10.1 Å². The quantitative estimate of drug-likeness (QED) is 0.718. The Kier molecular flexibility index (Phi) is 7.41. The van der Waals surface area contributed by atoms with Gasteiger partial charge in [-0.1, -0.05) is 44.2 Å². The first kappa shape index (κ1) is 19.9. The SMILES string of the molecule is CC(C)OCCN1C(=O)[C@H]([C@H](O)CCc2ccccc2)NC1C(C)C.